The Morgan fingerprint density at radius 2 is 1.92 bits per heavy atom. The fourth-order valence-corrected chi connectivity index (χ4v) is 2.76. The van der Waals surface area contributed by atoms with Gasteiger partial charge in [-0.25, -0.2) is 0 Å². The molecular weight excluding hydrogens is 152 g/mol. The summed E-state index contributed by atoms with van der Waals surface area (Å²) in [6.07, 6.45) is 5.62. The van der Waals surface area contributed by atoms with Crippen molar-refractivity contribution >= 4 is 5.78 Å². The Bertz CT molecular complexity index is 188. The van der Waals surface area contributed by atoms with Crippen LogP contribution in [0.2, 0.25) is 0 Å². The van der Waals surface area contributed by atoms with Crippen LogP contribution in [0.25, 0.3) is 0 Å². The zero-order valence-corrected chi connectivity index (χ0v) is 7.33. The molecule has 0 radical (unpaired) electrons. The van der Waals surface area contributed by atoms with Crippen molar-refractivity contribution in [1.29, 1.82) is 0 Å². The smallest absolute Gasteiger partial charge is 0.135 e. The first-order valence-electron chi connectivity index (χ1n) is 4.97. The Kier molecular flexibility index (Phi) is 2.18. The van der Waals surface area contributed by atoms with Gasteiger partial charge in [0.2, 0.25) is 0 Å². The minimum Gasteiger partial charge on any atom is -0.392 e. The fraction of sp³-hybridized carbons (Fsp3) is 0.900. The zero-order chi connectivity index (χ0) is 8.55. The van der Waals surface area contributed by atoms with Crippen LogP contribution in [0.15, 0.2) is 0 Å². The maximum atomic E-state index is 11.2. The highest BCUT2D eigenvalue weighted by Crippen LogP contribution is 2.39. The lowest BCUT2D eigenvalue weighted by Crippen LogP contribution is -2.38. The van der Waals surface area contributed by atoms with Gasteiger partial charge in [-0.05, 0) is 24.7 Å². The van der Waals surface area contributed by atoms with Crippen molar-refractivity contribution < 1.29 is 9.90 Å². The quantitative estimate of drug-likeness (QED) is 0.595. The number of aliphatic hydroxyl groups excluding tert-OH is 1. The van der Waals surface area contributed by atoms with Gasteiger partial charge in [-0.1, -0.05) is 12.8 Å². The van der Waals surface area contributed by atoms with E-state index < -0.39 is 0 Å². The van der Waals surface area contributed by atoms with Crippen LogP contribution in [0, 0.1) is 11.8 Å². The number of hydrogen-bond donors (Lipinski definition) is 1. The summed E-state index contributed by atoms with van der Waals surface area (Å²) in [5.41, 5.74) is 0. The maximum Gasteiger partial charge on any atom is 0.135 e. The largest absolute Gasteiger partial charge is 0.392 e. The number of rotatable bonds is 0. The predicted octanol–water partition coefficient (Wildman–Crippen LogP) is 1.52. The first-order chi connectivity index (χ1) is 5.77. The van der Waals surface area contributed by atoms with E-state index in [4.69, 9.17) is 0 Å². The van der Waals surface area contributed by atoms with E-state index in [-0.39, 0.29) is 11.9 Å². The molecule has 2 heteroatoms. The minimum absolute atomic E-state index is 0.269. The van der Waals surface area contributed by atoms with E-state index >= 15 is 0 Å². The third kappa shape index (κ3) is 1.40. The van der Waals surface area contributed by atoms with Gasteiger partial charge in [0.25, 0.3) is 0 Å². The molecule has 2 fully saturated rings. The Morgan fingerprint density at radius 1 is 1.17 bits per heavy atom. The van der Waals surface area contributed by atoms with Gasteiger partial charge in [0, 0.05) is 12.8 Å². The second-order valence-electron chi connectivity index (χ2n) is 4.22. The zero-order valence-electron chi connectivity index (χ0n) is 7.33. The highest BCUT2D eigenvalue weighted by Gasteiger charge is 2.36. The number of Topliss-reactive ketones (excluding diaryl/α,β-unsaturated/α-hetero) is 1. The summed E-state index contributed by atoms with van der Waals surface area (Å²) >= 11 is 0. The topological polar surface area (TPSA) is 37.3 Å². The molecule has 2 aliphatic carbocycles. The van der Waals surface area contributed by atoms with Gasteiger partial charge in [0.15, 0.2) is 0 Å². The Balaban J connectivity index is 2.06. The normalized spacial score (nSPS) is 42.4. The number of ketones is 1. The first-order valence-corrected chi connectivity index (χ1v) is 4.97. The molecule has 0 amide bonds. The molecule has 0 aromatic heterocycles. The van der Waals surface area contributed by atoms with Gasteiger partial charge < -0.3 is 5.11 Å². The molecule has 0 bridgehead atoms. The average Bonchev–Trinajstić information content (AvgIpc) is 2.04. The third-order valence-electron chi connectivity index (χ3n) is 3.39. The van der Waals surface area contributed by atoms with Crippen molar-refractivity contribution in [3.63, 3.8) is 0 Å². The molecule has 3 atom stereocenters. The Labute approximate surface area is 73.0 Å². The molecule has 2 saturated carbocycles. The molecule has 0 heterocycles. The summed E-state index contributed by atoms with van der Waals surface area (Å²) in [6.45, 7) is 0. The highest BCUT2D eigenvalue weighted by molar-refractivity contribution is 5.80. The molecule has 0 spiro atoms. The van der Waals surface area contributed by atoms with Crippen LogP contribution in [-0.2, 0) is 4.79 Å². The highest BCUT2D eigenvalue weighted by atomic mass is 16.3. The van der Waals surface area contributed by atoms with Crippen molar-refractivity contribution in [2.75, 3.05) is 0 Å². The van der Waals surface area contributed by atoms with E-state index in [1.807, 2.05) is 0 Å². The number of aliphatic hydroxyl groups is 1. The molecule has 1 N–H and O–H groups in total. The summed E-state index contributed by atoms with van der Waals surface area (Å²) in [7, 11) is 0. The lowest BCUT2D eigenvalue weighted by Gasteiger charge is -2.38. The molecule has 0 unspecified atom stereocenters. The van der Waals surface area contributed by atoms with E-state index in [1.165, 1.54) is 12.8 Å². The average molecular weight is 168 g/mol. The maximum absolute atomic E-state index is 11.2. The Morgan fingerprint density at radius 3 is 2.75 bits per heavy atom. The van der Waals surface area contributed by atoms with Crippen molar-refractivity contribution in [3.05, 3.63) is 0 Å². The molecule has 2 aliphatic rings. The minimum atomic E-state index is -0.323. The van der Waals surface area contributed by atoms with Crippen molar-refractivity contribution in [1.82, 2.24) is 0 Å². The summed E-state index contributed by atoms with van der Waals surface area (Å²) < 4.78 is 0. The lowest BCUT2D eigenvalue weighted by atomic mass is 9.69. The van der Waals surface area contributed by atoms with Gasteiger partial charge in [-0.15, -0.1) is 0 Å². The molecule has 12 heavy (non-hydrogen) atoms. The summed E-state index contributed by atoms with van der Waals surface area (Å²) in [6, 6.07) is 0. The van der Waals surface area contributed by atoms with Gasteiger partial charge in [0.1, 0.15) is 5.78 Å². The monoisotopic (exact) mass is 168 g/mol. The van der Waals surface area contributed by atoms with Gasteiger partial charge >= 0.3 is 0 Å². The molecule has 68 valence electrons. The standard InChI is InChI=1S/C10H16O2/c11-8-5-7-3-1-2-4-9(7)10(12)6-8/h7,9-10,12H,1-6H2/t7-,9-,10-/m1/s1. The van der Waals surface area contributed by atoms with Gasteiger partial charge in [-0.2, -0.15) is 0 Å². The van der Waals surface area contributed by atoms with Crippen molar-refractivity contribution in [2.45, 2.75) is 44.6 Å². The second-order valence-corrected chi connectivity index (χ2v) is 4.22. The molecule has 2 rings (SSSR count). The molecule has 0 aromatic carbocycles. The molecule has 0 aromatic rings. The number of carbonyl (C=O) groups excluding carboxylic acids is 1. The van der Waals surface area contributed by atoms with Crippen LogP contribution >= 0.6 is 0 Å². The van der Waals surface area contributed by atoms with E-state index in [0.717, 1.165) is 19.3 Å². The van der Waals surface area contributed by atoms with Crippen molar-refractivity contribution in [3.8, 4) is 0 Å². The predicted molar refractivity (Wildman–Crippen MR) is 45.7 cm³/mol. The Hall–Kier alpha value is -0.370. The molecule has 2 nitrogen and oxygen atoms in total. The molecular formula is C10H16O2. The van der Waals surface area contributed by atoms with Crippen LogP contribution in [-0.4, -0.2) is 17.0 Å². The van der Waals surface area contributed by atoms with Crippen LogP contribution in [0.1, 0.15) is 38.5 Å². The summed E-state index contributed by atoms with van der Waals surface area (Å²) in [4.78, 5) is 11.2. The fourth-order valence-electron chi connectivity index (χ4n) is 2.76. The van der Waals surface area contributed by atoms with Crippen LogP contribution < -0.4 is 0 Å². The van der Waals surface area contributed by atoms with Crippen LogP contribution in [0.5, 0.6) is 0 Å². The second kappa shape index (κ2) is 3.17. The first kappa shape index (κ1) is 8.24. The SMILES string of the molecule is O=C1C[C@H]2CCCC[C@H]2[C@H](O)C1. The van der Waals surface area contributed by atoms with E-state index in [2.05, 4.69) is 0 Å². The number of carbonyl (C=O) groups is 1. The molecule has 0 saturated heterocycles. The lowest BCUT2D eigenvalue weighted by molar-refractivity contribution is -0.128. The van der Waals surface area contributed by atoms with Crippen LogP contribution in [0.4, 0.5) is 0 Å². The van der Waals surface area contributed by atoms with E-state index in [0.29, 0.717) is 18.3 Å². The van der Waals surface area contributed by atoms with E-state index in [9.17, 15) is 9.90 Å². The van der Waals surface area contributed by atoms with E-state index in [1.54, 1.807) is 0 Å². The van der Waals surface area contributed by atoms with Gasteiger partial charge in [0.05, 0.1) is 6.10 Å². The van der Waals surface area contributed by atoms with Crippen LogP contribution in [0.3, 0.4) is 0 Å². The third-order valence-corrected chi connectivity index (χ3v) is 3.39. The van der Waals surface area contributed by atoms with Gasteiger partial charge in [-0.3, -0.25) is 4.79 Å². The number of hydrogen-bond acceptors (Lipinski definition) is 2. The number of fused-ring (bicyclic) bond motifs is 1. The van der Waals surface area contributed by atoms with Crippen molar-refractivity contribution in [2.24, 2.45) is 11.8 Å². The molecule has 0 aliphatic heterocycles. The summed E-state index contributed by atoms with van der Waals surface area (Å²) in [5, 5.41) is 9.65. The summed E-state index contributed by atoms with van der Waals surface area (Å²) in [5.74, 6) is 1.22.